The number of aromatic nitrogens is 1. The average molecular weight is 229 g/mol. The molecule has 1 saturated heterocycles. The zero-order valence-corrected chi connectivity index (χ0v) is 9.24. The molecule has 1 atom stereocenters. The van der Waals surface area contributed by atoms with Crippen LogP contribution in [-0.4, -0.2) is 27.6 Å². The van der Waals surface area contributed by atoms with Crippen molar-refractivity contribution in [2.24, 2.45) is 0 Å². The summed E-state index contributed by atoms with van der Waals surface area (Å²) in [5.74, 6) is 2.10. The highest BCUT2D eigenvalue weighted by Gasteiger charge is 2.20. The molecule has 2 heterocycles. The highest BCUT2D eigenvalue weighted by Crippen LogP contribution is 2.32. The Hall–Kier alpha value is -0.550. The molecule has 2 rings (SSSR count). The Labute approximate surface area is 90.6 Å². The lowest BCUT2D eigenvalue weighted by Gasteiger charge is -2.01. The van der Waals surface area contributed by atoms with Gasteiger partial charge >= 0.3 is 5.97 Å². The SMILES string of the molecule is O=C(O)Cc1nc(C2CCSC2)cs1. The van der Waals surface area contributed by atoms with Crippen molar-refractivity contribution in [3.05, 3.63) is 16.1 Å². The van der Waals surface area contributed by atoms with E-state index >= 15 is 0 Å². The minimum absolute atomic E-state index is 0.0600. The van der Waals surface area contributed by atoms with E-state index in [1.54, 1.807) is 0 Å². The molecule has 0 aromatic carbocycles. The molecule has 0 saturated carbocycles. The van der Waals surface area contributed by atoms with E-state index < -0.39 is 5.97 Å². The fraction of sp³-hybridized carbons (Fsp3) is 0.556. The van der Waals surface area contributed by atoms with Gasteiger partial charge in [0, 0.05) is 17.1 Å². The van der Waals surface area contributed by atoms with Gasteiger partial charge in [0.15, 0.2) is 0 Å². The lowest BCUT2D eigenvalue weighted by atomic mass is 10.1. The molecule has 0 spiro atoms. The van der Waals surface area contributed by atoms with Gasteiger partial charge in [-0.3, -0.25) is 4.79 Å². The molecule has 1 aromatic rings. The Balaban J connectivity index is 2.05. The van der Waals surface area contributed by atoms with Gasteiger partial charge in [-0.25, -0.2) is 4.98 Å². The third-order valence-electron chi connectivity index (χ3n) is 2.22. The maximum Gasteiger partial charge on any atom is 0.310 e. The minimum Gasteiger partial charge on any atom is -0.481 e. The van der Waals surface area contributed by atoms with Crippen LogP contribution in [0.1, 0.15) is 23.0 Å². The molecule has 1 aliphatic rings. The van der Waals surface area contributed by atoms with Crippen LogP contribution in [0, 0.1) is 0 Å². The summed E-state index contributed by atoms with van der Waals surface area (Å²) < 4.78 is 0. The fourth-order valence-electron chi connectivity index (χ4n) is 1.49. The van der Waals surface area contributed by atoms with Crippen molar-refractivity contribution in [3.8, 4) is 0 Å². The standard InChI is InChI=1S/C9H11NO2S2/c11-9(12)3-8-10-7(5-14-8)6-1-2-13-4-6/h5-6H,1-4H2,(H,11,12). The number of carboxylic acid groups (broad SMARTS) is 1. The summed E-state index contributed by atoms with van der Waals surface area (Å²) in [7, 11) is 0. The lowest BCUT2D eigenvalue weighted by molar-refractivity contribution is -0.136. The predicted octanol–water partition coefficient (Wildman–Crippen LogP) is 1.99. The van der Waals surface area contributed by atoms with Crippen LogP contribution in [0.4, 0.5) is 0 Å². The number of thioether (sulfide) groups is 1. The van der Waals surface area contributed by atoms with Crippen LogP contribution in [0.3, 0.4) is 0 Å². The number of rotatable bonds is 3. The van der Waals surface area contributed by atoms with Crippen LogP contribution in [0.5, 0.6) is 0 Å². The highest BCUT2D eigenvalue weighted by molar-refractivity contribution is 7.99. The second-order valence-corrected chi connectivity index (χ2v) is 5.39. The molecule has 0 radical (unpaired) electrons. The van der Waals surface area contributed by atoms with Crippen LogP contribution in [0.25, 0.3) is 0 Å². The van der Waals surface area contributed by atoms with E-state index in [1.165, 1.54) is 23.5 Å². The van der Waals surface area contributed by atoms with E-state index in [2.05, 4.69) is 4.98 Å². The molecule has 14 heavy (non-hydrogen) atoms. The molecule has 1 aromatic heterocycles. The molecule has 0 aliphatic carbocycles. The summed E-state index contributed by atoms with van der Waals surface area (Å²) >= 11 is 3.41. The number of thiazole rings is 1. The fourth-order valence-corrected chi connectivity index (χ4v) is 3.60. The first kappa shape index (κ1) is 9.98. The first-order valence-corrected chi connectivity index (χ1v) is 6.53. The predicted molar refractivity (Wildman–Crippen MR) is 58.1 cm³/mol. The summed E-state index contributed by atoms with van der Waals surface area (Å²) in [6.07, 6.45) is 1.24. The average Bonchev–Trinajstić information content (AvgIpc) is 2.69. The third-order valence-corrected chi connectivity index (χ3v) is 4.25. The van der Waals surface area contributed by atoms with Gasteiger partial charge < -0.3 is 5.11 Å². The Kier molecular flexibility index (Phi) is 3.08. The van der Waals surface area contributed by atoms with Gasteiger partial charge in [-0.1, -0.05) is 0 Å². The summed E-state index contributed by atoms with van der Waals surface area (Å²) in [6.45, 7) is 0. The number of carboxylic acids is 1. The van der Waals surface area contributed by atoms with Crippen LogP contribution in [0.2, 0.25) is 0 Å². The van der Waals surface area contributed by atoms with E-state index in [0.717, 1.165) is 16.5 Å². The Morgan fingerprint density at radius 3 is 3.21 bits per heavy atom. The maximum atomic E-state index is 10.5. The van der Waals surface area contributed by atoms with E-state index in [1.807, 2.05) is 17.1 Å². The molecule has 0 bridgehead atoms. The molecule has 1 fully saturated rings. The minimum atomic E-state index is -0.799. The van der Waals surface area contributed by atoms with Crippen molar-refractivity contribution in [2.75, 3.05) is 11.5 Å². The Morgan fingerprint density at radius 2 is 2.57 bits per heavy atom. The van der Waals surface area contributed by atoms with Crippen LogP contribution < -0.4 is 0 Å². The van der Waals surface area contributed by atoms with Gasteiger partial charge in [-0.2, -0.15) is 11.8 Å². The monoisotopic (exact) mass is 229 g/mol. The summed E-state index contributed by atoms with van der Waals surface area (Å²) in [5.41, 5.74) is 1.09. The van der Waals surface area contributed by atoms with Crippen molar-refractivity contribution >= 4 is 29.1 Å². The summed E-state index contributed by atoms with van der Waals surface area (Å²) in [5, 5.41) is 11.3. The van der Waals surface area contributed by atoms with Gasteiger partial charge in [-0.15, -0.1) is 11.3 Å². The first-order valence-electron chi connectivity index (χ1n) is 4.49. The van der Waals surface area contributed by atoms with Gasteiger partial charge in [0.2, 0.25) is 0 Å². The quantitative estimate of drug-likeness (QED) is 0.861. The van der Waals surface area contributed by atoms with Gasteiger partial charge in [0.25, 0.3) is 0 Å². The van der Waals surface area contributed by atoms with E-state index in [0.29, 0.717) is 5.92 Å². The van der Waals surface area contributed by atoms with Crippen molar-refractivity contribution in [2.45, 2.75) is 18.8 Å². The summed E-state index contributed by atoms with van der Waals surface area (Å²) in [6, 6.07) is 0. The lowest BCUT2D eigenvalue weighted by Crippen LogP contribution is -2.01. The molecule has 3 nitrogen and oxygen atoms in total. The Bertz CT molecular complexity index is 331. The van der Waals surface area contributed by atoms with Crippen molar-refractivity contribution in [3.63, 3.8) is 0 Å². The smallest absolute Gasteiger partial charge is 0.310 e. The number of aliphatic carboxylic acids is 1. The Morgan fingerprint density at radius 1 is 1.71 bits per heavy atom. The summed E-state index contributed by atoms with van der Waals surface area (Å²) in [4.78, 5) is 14.8. The van der Waals surface area contributed by atoms with Gasteiger partial charge in [0.05, 0.1) is 12.1 Å². The molecule has 0 amide bonds. The largest absolute Gasteiger partial charge is 0.481 e. The van der Waals surface area contributed by atoms with Gasteiger partial charge in [0.1, 0.15) is 5.01 Å². The molecule has 76 valence electrons. The van der Waals surface area contributed by atoms with E-state index in [9.17, 15) is 4.79 Å². The number of nitrogens with zero attached hydrogens (tertiary/aromatic N) is 1. The topological polar surface area (TPSA) is 50.2 Å². The van der Waals surface area contributed by atoms with Gasteiger partial charge in [-0.05, 0) is 12.2 Å². The maximum absolute atomic E-state index is 10.5. The zero-order chi connectivity index (χ0) is 9.97. The molecule has 1 aliphatic heterocycles. The van der Waals surface area contributed by atoms with E-state index in [4.69, 9.17) is 5.11 Å². The second kappa shape index (κ2) is 4.31. The highest BCUT2D eigenvalue weighted by atomic mass is 32.2. The number of carbonyl (C=O) groups is 1. The number of hydrogen-bond acceptors (Lipinski definition) is 4. The molecule has 5 heteroatoms. The van der Waals surface area contributed by atoms with E-state index in [-0.39, 0.29) is 6.42 Å². The zero-order valence-electron chi connectivity index (χ0n) is 7.60. The molecule has 1 N–H and O–H groups in total. The van der Waals surface area contributed by atoms with Crippen molar-refractivity contribution in [1.29, 1.82) is 0 Å². The molecular weight excluding hydrogens is 218 g/mol. The molecule has 1 unspecified atom stereocenters. The van der Waals surface area contributed by atoms with Crippen LogP contribution in [-0.2, 0) is 11.2 Å². The normalized spacial score (nSPS) is 21.3. The first-order chi connectivity index (χ1) is 6.75. The molecular formula is C9H11NO2S2. The van der Waals surface area contributed by atoms with Crippen molar-refractivity contribution in [1.82, 2.24) is 4.98 Å². The second-order valence-electron chi connectivity index (χ2n) is 3.30. The third kappa shape index (κ3) is 2.27. The van der Waals surface area contributed by atoms with Crippen molar-refractivity contribution < 1.29 is 9.90 Å². The van der Waals surface area contributed by atoms with Crippen LogP contribution >= 0.6 is 23.1 Å². The number of hydrogen-bond donors (Lipinski definition) is 1. The van der Waals surface area contributed by atoms with Crippen LogP contribution in [0.15, 0.2) is 5.38 Å².